The van der Waals surface area contributed by atoms with Gasteiger partial charge in [-0.2, -0.15) is 13.2 Å². The van der Waals surface area contributed by atoms with Gasteiger partial charge in [0.25, 0.3) is 0 Å². The summed E-state index contributed by atoms with van der Waals surface area (Å²) in [6.07, 6.45) is -4.74. The van der Waals surface area contributed by atoms with Crippen LogP contribution in [-0.4, -0.2) is 24.3 Å². The molecule has 0 amide bonds. The SMILES string of the molecule is O=C(OCc1ccccc1)c1ccc(OCCO)cc1C(F)(F)F. The molecule has 0 unspecified atom stereocenters. The van der Waals surface area contributed by atoms with Crippen LogP contribution in [-0.2, 0) is 17.5 Å². The van der Waals surface area contributed by atoms with Crippen molar-refractivity contribution < 1.29 is 32.5 Å². The fraction of sp³-hybridized carbons (Fsp3) is 0.235. The van der Waals surface area contributed by atoms with Crippen LogP contribution in [0.5, 0.6) is 5.75 Å². The molecule has 2 rings (SSSR count). The fourth-order valence-electron chi connectivity index (χ4n) is 1.99. The molecule has 0 aromatic heterocycles. The van der Waals surface area contributed by atoms with Crippen LogP contribution in [0.2, 0.25) is 0 Å². The van der Waals surface area contributed by atoms with Crippen LogP contribution in [0.4, 0.5) is 13.2 Å². The van der Waals surface area contributed by atoms with Gasteiger partial charge in [-0.3, -0.25) is 0 Å². The van der Waals surface area contributed by atoms with E-state index in [1.165, 1.54) is 6.07 Å². The second-order valence-corrected chi connectivity index (χ2v) is 4.84. The third kappa shape index (κ3) is 4.73. The molecular formula is C17H15F3O4. The number of halogens is 3. The lowest BCUT2D eigenvalue weighted by molar-refractivity contribution is -0.138. The Morgan fingerprint density at radius 3 is 2.42 bits per heavy atom. The summed E-state index contributed by atoms with van der Waals surface area (Å²) < 4.78 is 49.4. The average Bonchev–Trinajstić information content (AvgIpc) is 2.57. The molecule has 0 saturated heterocycles. The summed E-state index contributed by atoms with van der Waals surface area (Å²) in [5.74, 6) is -1.16. The Labute approximate surface area is 136 Å². The van der Waals surface area contributed by atoms with Crippen LogP contribution in [0.25, 0.3) is 0 Å². The molecule has 0 fully saturated rings. The molecule has 0 aliphatic rings. The molecule has 4 nitrogen and oxygen atoms in total. The lowest BCUT2D eigenvalue weighted by Crippen LogP contribution is -2.15. The molecule has 0 spiro atoms. The molecule has 0 bridgehead atoms. The van der Waals surface area contributed by atoms with Crippen molar-refractivity contribution in [2.45, 2.75) is 12.8 Å². The number of carbonyl (C=O) groups is 1. The van der Waals surface area contributed by atoms with Gasteiger partial charge in [-0.05, 0) is 23.8 Å². The van der Waals surface area contributed by atoms with Crippen molar-refractivity contribution >= 4 is 5.97 Å². The van der Waals surface area contributed by atoms with Crippen molar-refractivity contribution in [1.82, 2.24) is 0 Å². The van der Waals surface area contributed by atoms with Crippen LogP contribution in [0.15, 0.2) is 48.5 Å². The molecule has 2 aromatic rings. The normalized spacial score (nSPS) is 11.2. The fourth-order valence-corrected chi connectivity index (χ4v) is 1.99. The third-order valence-corrected chi connectivity index (χ3v) is 3.09. The lowest BCUT2D eigenvalue weighted by atomic mass is 10.1. The number of aliphatic hydroxyl groups excluding tert-OH is 1. The van der Waals surface area contributed by atoms with E-state index in [0.717, 1.165) is 12.1 Å². The smallest absolute Gasteiger partial charge is 0.417 e. The van der Waals surface area contributed by atoms with Gasteiger partial charge < -0.3 is 14.6 Å². The van der Waals surface area contributed by atoms with Gasteiger partial charge in [0.2, 0.25) is 0 Å². The van der Waals surface area contributed by atoms with E-state index in [0.29, 0.717) is 5.56 Å². The topological polar surface area (TPSA) is 55.8 Å². The van der Waals surface area contributed by atoms with E-state index in [2.05, 4.69) is 0 Å². The maximum atomic E-state index is 13.2. The molecule has 0 saturated carbocycles. The zero-order valence-corrected chi connectivity index (χ0v) is 12.5. The van der Waals surface area contributed by atoms with Crippen molar-refractivity contribution in [2.75, 3.05) is 13.2 Å². The first-order valence-corrected chi connectivity index (χ1v) is 7.08. The van der Waals surface area contributed by atoms with Crippen LogP contribution in [0.1, 0.15) is 21.5 Å². The number of ether oxygens (including phenoxy) is 2. The standard InChI is InChI=1S/C17H15F3O4/c18-17(19,20)15-10-13(23-9-8-21)6-7-14(15)16(22)24-11-12-4-2-1-3-5-12/h1-7,10,21H,8-9,11H2. The number of aliphatic hydroxyl groups is 1. The van der Waals surface area contributed by atoms with Gasteiger partial charge >= 0.3 is 12.1 Å². The van der Waals surface area contributed by atoms with Crippen molar-refractivity contribution in [1.29, 1.82) is 0 Å². The van der Waals surface area contributed by atoms with E-state index in [-0.39, 0.29) is 25.6 Å². The Bertz CT molecular complexity index is 684. The van der Waals surface area contributed by atoms with Crippen LogP contribution < -0.4 is 4.74 Å². The number of benzene rings is 2. The molecule has 0 radical (unpaired) electrons. The monoisotopic (exact) mass is 340 g/mol. The van der Waals surface area contributed by atoms with Gasteiger partial charge in [0.15, 0.2) is 0 Å². The van der Waals surface area contributed by atoms with Gasteiger partial charge in [0, 0.05) is 0 Å². The maximum Gasteiger partial charge on any atom is 0.417 e. The maximum absolute atomic E-state index is 13.2. The summed E-state index contributed by atoms with van der Waals surface area (Å²) in [4.78, 5) is 12.0. The van der Waals surface area contributed by atoms with Gasteiger partial charge in [-0.15, -0.1) is 0 Å². The highest BCUT2D eigenvalue weighted by molar-refractivity contribution is 5.91. The Balaban J connectivity index is 2.19. The summed E-state index contributed by atoms with van der Waals surface area (Å²) in [5.41, 5.74) is -1.06. The van der Waals surface area contributed by atoms with E-state index >= 15 is 0 Å². The van der Waals surface area contributed by atoms with Gasteiger partial charge in [0.05, 0.1) is 17.7 Å². The first-order chi connectivity index (χ1) is 11.4. The first kappa shape index (κ1) is 17.8. The summed E-state index contributed by atoms with van der Waals surface area (Å²) in [5, 5.41) is 8.66. The van der Waals surface area contributed by atoms with Gasteiger partial charge in [-0.25, -0.2) is 4.79 Å². The van der Waals surface area contributed by atoms with Gasteiger partial charge in [-0.1, -0.05) is 30.3 Å². The number of carbonyl (C=O) groups excluding carboxylic acids is 1. The Kier molecular flexibility index (Phi) is 5.81. The quantitative estimate of drug-likeness (QED) is 0.819. The second-order valence-electron chi connectivity index (χ2n) is 4.84. The van der Waals surface area contributed by atoms with Crippen LogP contribution in [0.3, 0.4) is 0 Å². The van der Waals surface area contributed by atoms with Crippen LogP contribution >= 0.6 is 0 Å². The summed E-state index contributed by atoms with van der Waals surface area (Å²) in [6.45, 7) is -0.600. The number of rotatable bonds is 6. The second kappa shape index (κ2) is 7.83. The van der Waals surface area contributed by atoms with Crippen molar-refractivity contribution in [3.05, 3.63) is 65.2 Å². The molecule has 0 atom stereocenters. The van der Waals surface area contributed by atoms with E-state index in [1.807, 2.05) is 0 Å². The van der Waals surface area contributed by atoms with Crippen molar-refractivity contribution in [2.24, 2.45) is 0 Å². The Morgan fingerprint density at radius 1 is 1.08 bits per heavy atom. The van der Waals surface area contributed by atoms with Crippen LogP contribution in [0, 0.1) is 0 Å². The predicted octanol–water partition coefficient (Wildman–Crippen LogP) is 3.43. The molecule has 0 heterocycles. The predicted molar refractivity (Wildman–Crippen MR) is 79.6 cm³/mol. The average molecular weight is 340 g/mol. The number of esters is 1. The van der Waals surface area contributed by atoms with Gasteiger partial charge in [0.1, 0.15) is 19.0 Å². The summed E-state index contributed by atoms with van der Waals surface area (Å²) in [7, 11) is 0. The van der Waals surface area contributed by atoms with E-state index in [4.69, 9.17) is 14.6 Å². The molecule has 2 aromatic carbocycles. The minimum atomic E-state index is -4.74. The highest BCUT2D eigenvalue weighted by Gasteiger charge is 2.36. The molecule has 0 aliphatic heterocycles. The van der Waals surface area contributed by atoms with E-state index < -0.39 is 23.3 Å². The minimum Gasteiger partial charge on any atom is -0.491 e. The molecular weight excluding hydrogens is 325 g/mol. The minimum absolute atomic E-state index is 0.0871. The first-order valence-electron chi connectivity index (χ1n) is 7.08. The zero-order valence-electron chi connectivity index (χ0n) is 12.5. The molecule has 0 aliphatic carbocycles. The van der Waals surface area contributed by atoms with E-state index in [1.54, 1.807) is 30.3 Å². The largest absolute Gasteiger partial charge is 0.491 e. The molecule has 7 heteroatoms. The highest BCUT2D eigenvalue weighted by atomic mass is 19.4. The summed E-state index contributed by atoms with van der Waals surface area (Å²) in [6, 6.07) is 11.6. The number of hydrogen-bond acceptors (Lipinski definition) is 4. The lowest BCUT2D eigenvalue weighted by Gasteiger charge is -2.14. The third-order valence-electron chi connectivity index (χ3n) is 3.09. The number of hydrogen-bond donors (Lipinski definition) is 1. The Hall–Kier alpha value is -2.54. The van der Waals surface area contributed by atoms with Crippen molar-refractivity contribution in [3.8, 4) is 5.75 Å². The Morgan fingerprint density at radius 2 is 1.79 bits per heavy atom. The molecule has 24 heavy (non-hydrogen) atoms. The van der Waals surface area contributed by atoms with Crippen molar-refractivity contribution in [3.63, 3.8) is 0 Å². The summed E-state index contributed by atoms with van der Waals surface area (Å²) >= 11 is 0. The molecule has 1 N–H and O–H groups in total. The highest BCUT2D eigenvalue weighted by Crippen LogP contribution is 2.35. The number of alkyl halides is 3. The molecule has 128 valence electrons. The zero-order chi connectivity index (χ0) is 17.6. The van der Waals surface area contributed by atoms with E-state index in [9.17, 15) is 18.0 Å².